The molecule has 1 atom stereocenters. The largest absolute Gasteiger partial charge is 0.472 e. The zero-order valence-corrected chi connectivity index (χ0v) is 21.4. The fraction of sp³-hybridized carbons (Fsp3) is 0.0526. The minimum atomic E-state index is -4.09. The van der Waals surface area contributed by atoms with Gasteiger partial charge >= 0.3 is 0 Å². The Kier molecular flexibility index (Phi) is 8.95. The van der Waals surface area contributed by atoms with Crippen LogP contribution >= 0.6 is 0 Å². The molecule has 147 valence electrons. The topological polar surface area (TPSA) is 94.7 Å². The normalized spacial score (nSPS) is 12.9. The van der Waals surface area contributed by atoms with Crippen LogP contribution in [-0.2, 0) is 30.9 Å². The van der Waals surface area contributed by atoms with Crippen LogP contribution in [0.15, 0.2) is 103 Å². The third-order valence-corrected chi connectivity index (χ3v) is 8.78. The summed E-state index contributed by atoms with van der Waals surface area (Å²) < 4.78 is 58.4. The van der Waals surface area contributed by atoms with Gasteiger partial charge in [0.25, 0.3) is 10.0 Å². The van der Waals surface area contributed by atoms with Gasteiger partial charge in [-0.2, -0.15) is 12.2 Å². The van der Waals surface area contributed by atoms with Gasteiger partial charge in [-0.15, -0.1) is 10.9 Å². The number of sulfonamides is 2. The van der Waals surface area contributed by atoms with Gasteiger partial charge in [0.15, 0.2) is 0 Å². The number of hydrogen-bond donors (Lipinski definition) is 0. The van der Waals surface area contributed by atoms with Crippen molar-refractivity contribution in [1.82, 2.24) is 0 Å². The van der Waals surface area contributed by atoms with E-state index in [-0.39, 0.29) is 61.2 Å². The molecule has 29 heavy (non-hydrogen) atoms. The van der Waals surface area contributed by atoms with E-state index in [9.17, 15) is 16.8 Å². The molecule has 3 aromatic rings. The molecule has 6 nitrogen and oxygen atoms in total. The van der Waals surface area contributed by atoms with Crippen molar-refractivity contribution in [2.24, 2.45) is 3.77 Å². The van der Waals surface area contributed by atoms with E-state index in [1.165, 1.54) is 24.3 Å². The third kappa shape index (κ3) is 6.64. The zero-order chi connectivity index (χ0) is 20.2. The van der Waals surface area contributed by atoms with Crippen molar-refractivity contribution in [2.75, 3.05) is 0 Å². The SMILES string of the molecule is Cc1ccc(/S(=N\S(=O)(=O)c2ccccc2)[N-]S(=O)(=O)c2ccccc2)cc1.[K]. The number of hydrogen-bond acceptors (Lipinski definition) is 4. The van der Waals surface area contributed by atoms with Crippen molar-refractivity contribution in [3.05, 3.63) is 94.6 Å². The Bertz CT molecular complexity index is 1200. The van der Waals surface area contributed by atoms with Crippen LogP contribution in [0.25, 0.3) is 4.13 Å². The first-order valence-electron chi connectivity index (χ1n) is 8.15. The van der Waals surface area contributed by atoms with Gasteiger partial charge in [0, 0.05) is 61.2 Å². The minimum Gasteiger partial charge on any atom is -0.472 e. The summed E-state index contributed by atoms with van der Waals surface area (Å²) in [6.07, 6.45) is 0. The second kappa shape index (κ2) is 10.6. The summed E-state index contributed by atoms with van der Waals surface area (Å²) in [6.45, 7) is 1.87. The molecule has 0 N–H and O–H groups in total. The monoisotopic (exact) mass is 472 g/mol. The van der Waals surface area contributed by atoms with Crippen molar-refractivity contribution in [3.63, 3.8) is 0 Å². The first kappa shape index (κ1) is 24.6. The molecule has 0 saturated carbocycles. The first-order chi connectivity index (χ1) is 13.3. The fourth-order valence-corrected chi connectivity index (χ4v) is 6.82. The van der Waals surface area contributed by atoms with E-state index >= 15 is 0 Å². The van der Waals surface area contributed by atoms with Crippen LogP contribution in [0.2, 0.25) is 0 Å². The van der Waals surface area contributed by atoms with Crippen molar-refractivity contribution >= 4 is 82.3 Å². The van der Waals surface area contributed by atoms with E-state index < -0.39 is 30.9 Å². The molecule has 0 bridgehead atoms. The third-order valence-electron chi connectivity index (χ3n) is 3.65. The van der Waals surface area contributed by atoms with Crippen molar-refractivity contribution in [3.8, 4) is 0 Å². The van der Waals surface area contributed by atoms with Crippen LogP contribution in [0.1, 0.15) is 5.56 Å². The number of rotatable bonds is 6. The van der Waals surface area contributed by atoms with E-state index in [0.717, 1.165) is 5.56 Å². The molecule has 0 spiro atoms. The maximum Gasteiger partial charge on any atom is 0.286 e. The molecule has 0 aromatic heterocycles. The zero-order valence-electron chi connectivity index (χ0n) is 15.8. The summed E-state index contributed by atoms with van der Waals surface area (Å²) in [5, 5.41) is 0. The Morgan fingerprint density at radius 3 is 1.72 bits per heavy atom. The molecule has 0 heterocycles. The summed E-state index contributed by atoms with van der Waals surface area (Å²) in [6, 6.07) is 22.0. The summed E-state index contributed by atoms with van der Waals surface area (Å²) >= 11 is 0. The molecular formula is C19H17KN2O4S3-. The average molecular weight is 473 g/mol. The van der Waals surface area contributed by atoms with Crippen LogP contribution in [-0.4, -0.2) is 68.2 Å². The Morgan fingerprint density at radius 2 is 1.21 bits per heavy atom. The van der Waals surface area contributed by atoms with E-state index in [1.54, 1.807) is 60.7 Å². The molecule has 0 saturated heterocycles. The number of benzene rings is 3. The second-order valence-electron chi connectivity index (χ2n) is 5.80. The van der Waals surface area contributed by atoms with Crippen LogP contribution in [0.5, 0.6) is 0 Å². The predicted molar refractivity (Wildman–Crippen MR) is 116 cm³/mol. The van der Waals surface area contributed by atoms with Crippen molar-refractivity contribution in [1.29, 1.82) is 0 Å². The van der Waals surface area contributed by atoms with E-state index in [2.05, 4.69) is 7.90 Å². The standard InChI is InChI=1S/C19H17N2O4S3.K/c1-16-12-14-17(15-13-16)26(20-27(22,23)18-8-4-2-5-9-18)21-28(24,25)19-10-6-3-7-11-19;/h2-15H,1H3;/q-1;. The molecule has 0 amide bonds. The number of aryl methyl sites for hydroxylation is 1. The maximum absolute atomic E-state index is 12.7. The van der Waals surface area contributed by atoms with E-state index in [1.807, 2.05) is 6.92 Å². The summed E-state index contributed by atoms with van der Waals surface area (Å²) in [7, 11) is -9.95. The van der Waals surface area contributed by atoms with Gasteiger partial charge < -0.3 is 4.13 Å². The Labute approximate surface area is 216 Å². The van der Waals surface area contributed by atoms with Crippen LogP contribution in [0.3, 0.4) is 0 Å². The summed E-state index contributed by atoms with van der Waals surface area (Å²) in [5.41, 5.74) is 0.948. The molecular weight excluding hydrogens is 456 g/mol. The quantitative estimate of drug-likeness (QED) is 0.509. The average Bonchev–Trinajstić information content (AvgIpc) is 2.69. The molecule has 1 radical (unpaired) electrons. The smallest absolute Gasteiger partial charge is 0.286 e. The molecule has 1 unspecified atom stereocenters. The van der Waals surface area contributed by atoms with E-state index in [0.29, 0.717) is 4.90 Å². The van der Waals surface area contributed by atoms with Crippen LogP contribution < -0.4 is 0 Å². The number of nitrogens with zero attached hydrogens (tertiary/aromatic N) is 2. The van der Waals surface area contributed by atoms with Gasteiger partial charge in [-0.05, 0) is 43.3 Å². The van der Waals surface area contributed by atoms with Gasteiger partial charge in [-0.1, -0.05) is 54.1 Å². The van der Waals surface area contributed by atoms with E-state index in [4.69, 9.17) is 0 Å². The minimum absolute atomic E-state index is 0. The Hall–Kier alpha value is -0.694. The van der Waals surface area contributed by atoms with Crippen molar-refractivity contribution < 1.29 is 16.8 Å². The molecule has 3 aromatic carbocycles. The Balaban J connectivity index is 0.00000300. The first-order valence-corrected chi connectivity index (χ1v) is 12.2. The van der Waals surface area contributed by atoms with Gasteiger partial charge in [0.2, 0.25) is 0 Å². The van der Waals surface area contributed by atoms with Crippen LogP contribution in [0.4, 0.5) is 0 Å². The maximum atomic E-state index is 12.7. The molecule has 10 heteroatoms. The van der Waals surface area contributed by atoms with Crippen molar-refractivity contribution in [2.45, 2.75) is 21.6 Å². The van der Waals surface area contributed by atoms with Gasteiger partial charge in [-0.25, -0.2) is 8.42 Å². The predicted octanol–water partition coefficient (Wildman–Crippen LogP) is 3.84. The molecule has 3 rings (SSSR count). The molecule has 0 aliphatic carbocycles. The van der Waals surface area contributed by atoms with Gasteiger partial charge in [0.05, 0.1) is 4.90 Å². The van der Waals surface area contributed by atoms with Gasteiger partial charge in [-0.3, -0.25) is 0 Å². The second-order valence-corrected chi connectivity index (χ2v) is 10.8. The summed E-state index contributed by atoms with van der Waals surface area (Å²) in [4.78, 5) is 0.350. The Morgan fingerprint density at radius 1 is 0.724 bits per heavy atom. The fourth-order valence-electron chi connectivity index (χ4n) is 2.22. The molecule has 0 aliphatic rings. The molecule has 0 fully saturated rings. The molecule has 0 aliphatic heterocycles. The van der Waals surface area contributed by atoms with Gasteiger partial charge in [0.1, 0.15) is 10.0 Å². The summed E-state index contributed by atoms with van der Waals surface area (Å²) in [5.74, 6) is 0. The van der Waals surface area contributed by atoms with Crippen LogP contribution in [0, 0.1) is 6.92 Å².